The maximum absolute atomic E-state index is 12.6. The van der Waals surface area contributed by atoms with Gasteiger partial charge in [0.15, 0.2) is 0 Å². The first-order valence-corrected chi connectivity index (χ1v) is 7.36. The predicted molar refractivity (Wildman–Crippen MR) is 74.7 cm³/mol. The van der Waals surface area contributed by atoms with Crippen LogP contribution in [0.25, 0.3) is 0 Å². The number of carbonyl (C=O) groups is 2. The Morgan fingerprint density at radius 2 is 1.90 bits per heavy atom. The first-order chi connectivity index (χ1) is 9.47. The van der Waals surface area contributed by atoms with Gasteiger partial charge in [0.1, 0.15) is 0 Å². The molecule has 1 fully saturated rings. The van der Waals surface area contributed by atoms with Gasteiger partial charge < -0.3 is 10.0 Å². The Morgan fingerprint density at radius 3 is 2.40 bits per heavy atom. The lowest BCUT2D eigenvalue weighted by Crippen LogP contribution is -2.44. The number of nitrogens with zero attached hydrogens (tertiary/aromatic N) is 2. The number of hydrogen-bond acceptors (Lipinski definition) is 3. The SMILES string of the molecule is CC(C)CN(CCC#N)C(=O)[C@@H]1CCCC[C@@H]1C(=O)O. The molecule has 1 aliphatic rings. The summed E-state index contributed by atoms with van der Waals surface area (Å²) < 4.78 is 0. The third-order valence-electron chi connectivity index (χ3n) is 3.79. The van der Waals surface area contributed by atoms with Gasteiger partial charge in [-0.15, -0.1) is 0 Å². The molecule has 0 bridgehead atoms. The average molecular weight is 280 g/mol. The van der Waals surface area contributed by atoms with Gasteiger partial charge in [0.25, 0.3) is 0 Å². The van der Waals surface area contributed by atoms with Gasteiger partial charge in [-0.2, -0.15) is 5.26 Å². The van der Waals surface area contributed by atoms with Crippen LogP contribution in [0.5, 0.6) is 0 Å². The van der Waals surface area contributed by atoms with E-state index in [9.17, 15) is 14.7 Å². The molecule has 112 valence electrons. The van der Waals surface area contributed by atoms with Crippen LogP contribution in [0.15, 0.2) is 0 Å². The van der Waals surface area contributed by atoms with Crippen LogP contribution in [0.4, 0.5) is 0 Å². The predicted octanol–water partition coefficient (Wildman–Crippen LogP) is 2.28. The molecule has 0 aromatic heterocycles. The van der Waals surface area contributed by atoms with E-state index in [1.807, 2.05) is 13.8 Å². The summed E-state index contributed by atoms with van der Waals surface area (Å²) in [6.45, 7) is 5.02. The van der Waals surface area contributed by atoms with Crippen LogP contribution in [0.2, 0.25) is 0 Å². The third-order valence-corrected chi connectivity index (χ3v) is 3.79. The highest BCUT2D eigenvalue weighted by molar-refractivity contribution is 5.85. The lowest BCUT2D eigenvalue weighted by molar-refractivity contribution is -0.152. The zero-order valence-corrected chi connectivity index (χ0v) is 12.3. The minimum atomic E-state index is -0.868. The third kappa shape index (κ3) is 4.52. The summed E-state index contributed by atoms with van der Waals surface area (Å²) >= 11 is 0. The van der Waals surface area contributed by atoms with Crippen LogP contribution in [0.1, 0.15) is 46.0 Å². The van der Waals surface area contributed by atoms with Crippen molar-refractivity contribution in [3.05, 3.63) is 0 Å². The molecule has 1 rings (SSSR count). The molecule has 2 atom stereocenters. The van der Waals surface area contributed by atoms with Gasteiger partial charge in [-0.3, -0.25) is 9.59 Å². The maximum atomic E-state index is 12.6. The molecule has 5 heteroatoms. The molecule has 5 nitrogen and oxygen atoms in total. The summed E-state index contributed by atoms with van der Waals surface area (Å²) in [4.78, 5) is 25.6. The van der Waals surface area contributed by atoms with Crippen molar-refractivity contribution in [2.45, 2.75) is 46.0 Å². The molecule has 1 aliphatic carbocycles. The number of carbonyl (C=O) groups excluding carboxylic acids is 1. The van der Waals surface area contributed by atoms with E-state index in [1.165, 1.54) is 0 Å². The molecule has 0 unspecified atom stereocenters. The Bertz CT molecular complexity index is 387. The molecule has 0 aromatic rings. The van der Waals surface area contributed by atoms with Crippen molar-refractivity contribution in [3.8, 4) is 6.07 Å². The Labute approximate surface area is 120 Å². The summed E-state index contributed by atoms with van der Waals surface area (Å²) in [6.07, 6.45) is 3.32. The summed E-state index contributed by atoms with van der Waals surface area (Å²) in [5.41, 5.74) is 0. The largest absolute Gasteiger partial charge is 0.481 e. The van der Waals surface area contributed by atoms with Crippen molar-refractivity contribution in [1.82, 2.24) is 4.90 Å². The zero-order chi connectivity index (χ0) is 15.1. The van der Waals surface area contributed by atoms with Crippen LogP contribution in [0.3, 0.4) is 0 Å². The molecule has 0 aliphatic heterocycles. The monoisotopic (exact) mass is 280 g/mol. The number of carboxylic acids is 1. The van der Waals surface area contributed by atoms with Crippen molar-refractivity contribution in [1.29, 1.82) is 5.26 Å². The van der Waals surface area contributed by atoms with E-state index in [0.717, 1.165) is 12.8 Å². The summed E-state index contributed by atoms with van der Waals surface area (Å²) in [6, 6.07) is 2.05. The molecular weight excluding hydrogens is 256 g/mol. The number of amides is 1. The molecule has 0 saturated heterocycles. The quantitative estimate of drug-likeness (QED) is 0.809. The van der Waals surface area contributed by atoms with Gasteiger partial charge in [-0.1, -0.05) is 26.7 Å². The minimum absolute atomic E-state index is 0.0824. The fraction of sp³-hybridized carbons (Fsp3) is 0.800. The van der Waals surface area contributed by atoms with Gasteiger partial charge in [0.05, 0.1) is 24.3 Å². The van der Waals surface area contributed by atoms with Gasteiger partial charge in [0, 0.05) is 13.1 Å². The van der Waals surface area contributed by atoms with Crippen LogP contribution in [0, 0.1) is 29.1 Å². The number of nitriles is 1. The molecular formula is C15H24N2O3. The van der Waals surface area contributed by atoms with E-state index >= 15 is 0 Å². The number of carboxylic acid groups (broad SMARTS) is 1. The highest BCUT2D eigenvalue weighted by atomic mass is 16.4. The second-order valence-corrected chi connectivity index (χ2v) is 5.92. The first kappa shape index (κ1) is 16.5. The highest BCUT2D eigenvalue weighted by Gasteiger charge is 2.37. The number of hydrogen-bond donors (Lipinski definition) is 1. The molecule has 0 spiro atoms. The van der Waals surface area contributed by atoms with E-state index in [-0.39, 0.29) is 5.91 Å². The number of aliphatic carboxylic acids is 1. The van der Waals surface area contributed by atoms with Crippen molar-refractivity contribution in [3.63, 3.8) is 0 Å². The van der Waals surface area contributed by atoms with Crippen LogP contribution < -0.4 is 0 Å². The van der Waals surface area contributed by atoms with E-state index < -0.39 is 17.8 Å². The molecule has 1 amide bonds. The van der Waals surface area contributed by atoms with Crippen LogP contribution >= 0.6 is 0 Å². The minimum Gasteiger partial charge on any atom is -0.481 e. The lowest BCUT2D eigenvalue weighted by atomic mass is 9.78. The van der Waals surface area contributed by atoms with Crippen molar-refractivity contribution >= 4 is 11.9 Å². The molecule has 0 heterocycles. The Balaban J connectivity index is 2.79. The topological polar surface area (TPSA) is 81.4 Å². The van der Waals surface area contributed by atoms with Gasteiger partial charge >= 0.3 is 5.97 Å². The van der Waals surface area contributed by atoms with E-state index in [1.54, 1.807) is 4.90 Å². The molecule has 0 radical (unpaired) electrons. The van der Waals surface area contributed by atoms with Gasteiger partial charge in [-0.25, -0.2) is 0 Å². The normalized spacial score (nSPS) is 22.3. The van der Waals surface area contributed by atoms with Gasteiger partial charge in [0.2, 0.25) is 5.91 Å². The summed E-state index contributed by atoms with van der Waals surface area (Å²) in [7, 11) is 0. The Hall–Kier alpha value is -1.57. The maximum Gasteiger partial charge on any atom is 0.307 e. The lowest BCUT2D eigenvalue weighted by Gasteiger charge is -2.33. The number of rotatable bonds is 6. The second-order valence-electron chi connectivity index (χ2n) is 5.92. The zero-order valence-electron chi connectivity index (χ0n) is 12.3. The smallest absolute Gasteiger partial charge is 0.307 e. The highest BCUT2D eigenvalue weighted by Crippen LogP contribution is 2.32. The first-order valence-electron chi connectivity index (χ1n) is 7.36. The van der Waals surface area contributed by atoms with E-state index in [0.29, 0.717) is 38.3 Å². The van der Waals surface area contributed by atoms with Crippen molar-refractivity contribution in [2.24, 2.45) is 17.8 Å². The summed E-state index contributed by atoms with van der Waals surface area (Å²) in [5, 5.41) is 18.0. The van der Waals surface area contributed by atoms with Crippen molar-refractivity contribution < 1.29 is 14.7 Å². The Morgan fingerprint density at radius 1 is 1.30 bits per heavy atom. The van der Waals surface area contributed by atoms with Crippen molar-refractivity contribution in [2.75, 3.05) is 13.1 Å². The fourth-order valence-electron chi connectivity index (χ4n) is 2.87. The van der Waals surface area contributed by atoms with Crippen LogP contribution in [-0.4, -0.2) is 35.0 Å². The molecule has 20 heavy (non-hydrogen) atoms. The molecule has 1 N–H and O–H groups in total. The van der Waals surface area contributed by atoms with E-state index in [4.69, 9.17) is 5.26 Å². The second kappa shape index (κ2) is 7.88. The molecule has 1 saturated carbocycles. The van der Waals surface area contributed by atoms with Crippen LogP contribution in [-0.2, 0) is 9.59 Å². The fourth-order valence-corrected chi connectivity index (χ4v) is 2.87. The van der Waals surface area contributed by atoms with E-state index in [2.05, 4.69) is 6.07 Å². The average Bonchev–Trinajstić information content (AvgIpc) is 2.42. The Kier molecular flexibility index (Phi) is 6.50. The standard InChI is InChI=1S/C15H24N2O3/c1-11(2)10-17(9-5-8-16)14(18)12-6-3-4-7-13(12)15(19)20/h11-13H,3-7,9-10H2,1-2H3,(H,19,20)/t12-,13+/m1/s1. The van der Waals surface area contributed by atoms with Gasteiger partial charge in [-0.05, 0) is 18.8 Å². The molecule has 0 aromatic carbocycles. The summed E-state index contributed by atoms with van der Waals surface area (Å²) in [5.74, 6) is -1.62.